The van der Waals surface area contributed by atoms with Gasteiger partial charge in [0.15, 0.2) is 0 Å². The van der Waals surface area contributed by atoms with Gasteiger partial charge in [0, 0.05) is 46.9 Å². The fourth-order valence-electron chi connectivity index (χ4n) is 3.78. The molecule has 2 saturated heterocycles. The van der Waals surface area contributed by atoms with Crippen molar-refractivity contribution in [2.24, 2.45) is 0 Å². The Hall–Kier alpha value is -1.79. The summed E-state index contributed by atoms with van der Waals surface area (Å²) in [5.74, 6) is -0.447. The Morgan fingerprint density at radius 3 is 1.96 bits per heavy atom. The number of carbonyl (C=O) groups excluding carboxylic acids is 2. The van der Waals surface area contributed by atoms with Gasteiger partial charge in [0.1, 0.15) is 0 Å². The van der Waals surface area contributed by atoms with Crippen LogP contribution in [0.25, 0.3) is 0 Å². The molecule has 2 amide bonds. The summed E-state index contributed by atoms with van der Waals surface area (Å²) in [6.45, 7) is 2.97. The highest BCUT2D eigenvalue weighted by atomic mass is 35.5. The maximum Gasteiger partial charge on any atom is 0.251 e. The molecule has 0 aliphatic carbocycles. The van der Waals surface area contributed by atoms with E-state index < -0.39 is 6.04 Å². The predicted molar refractivity (Wildman–Crippen MR) is 113 cm³/mol. The first-order chi connectivity index (χ1) is 13.4. The van der Waals surface area contributed by atoms with Crippen LogP contribution < -0.4 is 9.80 Å². The summed E-state index contributed by atoms with van der Waals surface area (Å²) >= 11 is 18.0. The minimum atomic E-state index is -0.447. The van der Waals surface area contributed by atoms with Crippen molar-refractivity contribution in [1.82, 2.24) is 4.90 Å². The summed E-state index contributed by atoms with van der Waals surface area (Å²) in [5.41, 5.74) is 1.53. The highest BCUT2D eigenvalue weighted by Crippen LogP contribution is 2.31. The summed E-state index contributed by atoms with van der Waals surface area (Å²) in [5, 5.41) is 1.49. The predicted octanol–water partition coefficient (Wildman–Crippen LogP) is 4.10. The van der Waals surface area contributed by atoms with Crippen molar-refractivity contribution < 1.29 is 9.59 Å². The fourth-order valence-corrected chi connectivity index (χ4v) is 4.43. The number of hydrogen-bond donors (Lipinski definition) is 0. The van der Waals surface area contributed by atoms with Gasteiger partial charge in [-0.2, -0.15) is 0 Å². The van der Waals surface area contributed by atoms with Gasteiger partial charge in [-0.1, -0.05) is 34.8 Å². The van der Waals surface area contributed by atoms with Crippen LogP contribution in [0.15, 0.2) is 42.5 Å². The van der Waals surface area contributed by atoms with Gasteiger partial charge in [0.05, 0.1) is 18.2 Å². The highest BCUT2D eigenvalue weighted by molar-refractivity contribution is 6.35. The van der Waals surface area contributed by atoms with Gasteiger partial charge in [-0.15, -0.1) is 0 Å². The lowest BCUT2D eigenvalue weighted by Gasteiger charge is -2.38. The van der Waals surface area contributed by atoms with Crippen molar-refractivity contribution in [2.45, 2.75) is 12.5 Å². The van der Waals surface area contributed by atoms with E-state index >= 15 is 0 Å². The maximum absolute atomic E-state index is 13.0. The van der Waals surface area contributed by atoms with E-state index in [-0.39, 0.29) is 18.2 Å². The van der Waals surface area contributed by atoms with E-state index in [1.165, 1.54) is 4.90 Å². The lowest BCUT2D eigenvalue weighted by Crippen LogP contribution is -2.52. The van der Waals surface area contributed by atoms with Crippen LogP contribution in [0.5, 0.6) is 0 Å². The topological polar surface area (TPSA) is 43.9 Å². The van der Waals surface area contributed by atoms with E-state index in [0.717, 1.165) is 18.8 Å². The van der Waals surface area contributed by atoms with Crippen molar-refractivity contribution in [3.63, 3.8) is 0 Å². The molecule has 0 spiro atoms. The molecule has 0 saturated carbocycles. The number of hydrogen-bond acceptors (Lipinski definition) is 4. The Morgan fingerprint density at radius 2 is 1.36 bits per heavy atom. The maximum atomic E-state index is 13.0. The molecule has 8 heteroatoms. The van der Waals surface area contributed by atoms with Gasteiger partial charge in [0.25, 0.3) is 5.91 Å². The number of carbonyl (C=O) groups is 2. The molecule has 0 N–H and O–H groups in total. The zero-order chi connectivity index (χ0) is 19.8. The molecule has 0 radical (unpaired) electrons. The highest BCUT2D eigenvalue weighted by Gasteiger charge is 2.43. The van der Waals surface area contributed by atoms with Gasteiger partial charge in [0.2, 0.25) is 5.91 Å². The largest absolute Gasteiger partial charge is 0.369 e. The molecule has 5 nitrogen and oxygen atoms in total. The third-order valence-electron chi connectivity index (χ3n) is 5.18. The lowest BCUT2D eigenvalue weighted by molar-refractivity contribution is -0.123. The molecule has 0 aromatic heterocycles. The first kappa shape index (κ1) is 19.5. The molecule has 2 heterocycles. The van der Waals surface area contributed by atoms with Crippen LogP contribution in [0.4, 0.5) is 11.4 Å². The molecule has 4 rings (SSSR count). The Morgan fingerprint density at radius 1 is 0.750 bits per heavy atom. The smallest absolute Gasteiger partial charge is 0.251 e. The molecular weight excluding hydrogens is 421 g/mol. The number of nitrogens with zero attached hydrogens (tertiary/aromatic N) is 3. The van der Waals surface area contributed by atoms with Crippen molar-refractivity contribution in [1.29, 1.82) is 0 Å². The van der Waals surface area contributed by atoms with Gasteiger partial charge in [-0.25, -0.2) is 4.90 Å². The van der Waals surface area contributed by atoms with Crippen LogP contribution in [-0.4, -0.2) is 48.9 Å². The molecule has 0 bridgehead atoms. The Labute approximate surface area is 178 Å². The second-order valence-corrected chi connectivity index (χ2v) is 8.22. The van der Waals surface area contributed by atoms with Crippen LogP contribution in [-0.2, 0) is 9.59 Å². The van der Waals surface area contributed by atoms with E-state index in [9.17, 15) is 9.59 Å². The molecule has 146 valence electrons. The second kappa shape index (κ2) is 7.91. The fraction of sp³-hybridized carbons (Fsp3) is 0.300. The molecule has 2 aliphatic rings. The minimum absolute atomic E-state index is 0.171. The number of piperazine rings is 1. The third kappa shape index (κ3) is 3.85. The number of benzene rings is 2. The standard InChI is InChI=1S/C20H18Cl3N3O2/c21-13-1-3-16(4-2-13)24-5-7-25(8-6-24)18-12-19(27)26(20(18)28)17-10-14(22)9-15(23)11-17/h1-4,9-11,18H,5-8,12H2. The Bertz CT molecular complexity index is 891. The quantitative estimate of drug-likeness (QED) is 0.677. The van der Waals surface area contributed by atoms with E-state index in [1.807, 2.05) is 24.3 Å². The molecular formula is C20H18Cl3N3O2. The first-order valence-corrected chi connectivity index (χ1v) is 10.1. The van der Waals surface area contributed by atoms with Gasteiger partial charge in [-0.3, -0.25) is 14.5 Å². The summed E-state index contributed by atoms with van der Waals surface area (Å²) in [6, 6.07) is 12.0. The van der Waals surface area contributed by atoms with E-state index in [1.54, 1.807) is 18.2 Å². The summed E-state index contributed by atoms with van der Waals surface area (Å²) in [6.07, 6.45) is 0.171. The molecule has 1 unspecified atom stereocenters. The molecule has 2 aliphatic heterocycles. The molecule has 2 aromatic carbocycles. The number of anilines is 2. The molecule has 2 aromatic rings. The summed E-state index contributed by atoms with van der Waals surface area (Å²) < 4.78 is 0. The van der Waals surface area contributed by atoms with Gasteiger partial charge < -0.3 is 4.90 Å². The van der Waals surface area contributed by atoms with Crippen LogP contribution in [0.3, 0.4) is 0 Å². The SMILES string of the molecule is O=C1CC(N2CCN(c3ccc(Cl)cc3)CC2)C(=O)N1c1cc(Cl)cc(Cl)c1. The normalized spacial score (nSPS) is 20.9. The van der Waals surface area contributed by atoms with Crippen LogP contribution in [0.2, 0.25) is 15.1 Å². The Kier molecular flexibility index (Phi) is 5.52. The molecule has 1 atom stereocenters. The minimum Gasteiger partial charge on any atom is -0.369 e. The average molecular weight is 439 g/mol. The van der Waals surface area contributed by atoms with Crippen molar-refractivity contribution in [2.75, 3.05) is 36.0 Å². The molecule has 2 fully saturated rings. The van der Waals surface area contributed by atoms with Gasteiger partial charge in [-0.05, 0) is 42.5 Å². The number of imide groups is 1. The van der Waals surface area contributed by atoms with Crippen LogP contribution in [0.1, 0.15) is 6.42 Å². The van der Waals surface area contributed by atoms with Crippen molar-refractivity contribution >= 4 is 58.0 Å². The van der Waals surface area contributed by atoms with E-state index in [4.69, 9.17) is 34.8 Å². The van der Waals surface area contributed by atoms with E-state index in [0.29, 0.717) is 33.8 Å². The average Bonchev–Trinajstić information content (AvgIpc) is 2.96. The third-order valence-corrected chi connectivity index (χ3v) is 5.86. The summed E-state index contributed by atoms with van der Waals surface area (Å²) in [4.78, 5) is 31.1. The Balaban J connectivity index is 1.45. The number of halogens is 3. The van der Waals surface area contributed by atoms with Crippen molar-refractivity contribution in [3.8, 4) is 0 Å². The monoisotopic (exact) mass is 437 g/mol. The number of amides is 2. The summed E-state index contributed by atoms with van der Waals surface area (Å²) in [7, 11) is 0. The zero-order valence-electron chi connectivity index (χ0n) is 14.9. The zero-order valence-corrected chi connectivity index (χ0v) is 17.2. The molecule has 28 heavy (non-hydrogen) atoms. The number of rotatable bonds is 3. The second-order valence-electron chi connectivity index (χ2n) is 6.91. The van der Waals surface area contributed by atoms with Crippen LogP contribution >= 0.6 is 34.8 Å². The first-order valence-electron chi connectivity index (χ1n) is 9.00. The van der Waals surface area contributed by atoms with Crippen molar-refractivity contribution in [3.05, 3.63) is 57.5 Å². The van der Waals surface area contributed by atoms with E-state index in [2.05, 4.69) is 9.80 Å². The van der Waals surface area contributed by atoms with Gasteiger partial charge >= 0.3 is 0 Å². The lowest BCUT2D eigenvalue weighted by atomic mass is 10.1. The van der Waals surface area contributed by atoms with Crippen LogP contribution in [0, 0.1) is 0 Å².